The number of guanidine groups is 1. The molecule has 8 amide bonds. The average molecular weight is 924 g/mol. The van der Waals surface area contributed by atoms with Crippen molar-refractivity contribution >= 4 is 64.1 Å². The van der Waals surface area contributed by atoms with Crippen molar-refractivity contribution in [3.63, 3.8) is 0 Å². The van der Waals surface area contributed by atoms with E-state index in [1.807, 2.05) is 18.2 Å². The van der Waals surface area contributed by atoms with Crippen LogP contribution in [0.1, 0.15) is 63.6 Å². The molecule has 1 saturated heterocycles. The van der Waals surface area contributed by atoms with Crippen LogP contribution >= 0.6 is 0 Å². The van der Waals surface area contributed by atoms with E-state index in [1.54, 1.807) is 12.3 Å². The Morgan fingerprint density at radius 2 is 1.47 bits per heavy atom. The van der Waals surface area contributed by atoms with Gasteiger partial charge in [0.15, 0.2) is 5.96 Å². The zero-order valence-electron chi connectivity index (χ0n) is 36.7. The van der Waals surface area contributed by atoms with Crippen LogP contribution in [0.5, 0.6) is 0 Å². The third kappa shape index (κ3) is 14.7. The molecule has 3 heterocycles. The molecule has 0 spiro atoms. The lowest BCUT2D eigenvalue weighted by Crippen LogP contribution is -2.60. The van der Waals surface area contributed by atoms with Gasteiger partial charge in [-0.1, -0.05) is 18.2 Å². The minimum atomic E-state index is -1.48. The minimum absolute atomic E-state index is 0.0507. The van der Waals surface area contributed by atoms with E-state index in [0.29, 0.717) is 17.7 Å². The Labute approximate surface area is 379 Å². The number of rotatable bonds is 25. The number of aromatic amines is 2. The number of nitrogens with one attached hydrogen (secondary N) is 7. The highest BCUT2D eigenvalue weighted by Gasteiger charge is 2.40. The lowest BCUT2D eigenvalue weighted by Gasteiger charge is -2.31. The highest BCUT2D eigenvalue weighted by molar-refractivity contribution is 5.98. The van der Waals surface area contributed by atoms with Crippen molar-refractivity contribution in [2.45, 2.75) is 120 Å². The van der Waals surface area contributed by atoms with Crippen molar-refractivity contribution in [1.29, 1.82) is 0 Å². The molecule has 25 nitrogen and oxygen atoms in total. The zero-order chi connectivity index (χ0) is 48.7. The summed E-state index contributed by atoms with van der Waals surface area (Å²) >= 11 is 0. The number of H-pyrrole nitrogens is 2. The van der Waals surface area contributed by atoms with Gasteiger partial charge >= 0.3 is 0 Å². The normalized spacial score (nSPS) is 17.2. The predicted octanol–water partition coefficient (Wildman–Crippen LogP) is -5.02. The van der Waals surface area contributed by atoms with E-state index in [2.05, 4.69) is 46.5 Å². The molecule has 0 aliphatic carbocycles. The van der Waals surface area contributed by atoms with Gasteiger partial charge in [-0.3, -0.25) is 43.3 Å². The van der Waals surface area contributed by atoms with Crippen LogP contribution in [-0.2, 0) is 51.2 Å². The molecule has 25 heteroatoms. The first-order valence-corrected chi connectivity index (χ1v) is 21.4. The Morgan fingerprint density at radius 1 is 0.818 bits per heavy atom. The molecule has 0 bridgehead atoms. The molecule has 4 rings (SSSR count). The maximum Gasteiger partial charge on any atom is 0.245 e. The number of nitrogens with zero attached hydrogens (tertiary/aromatic N) is 3. The second-order valence-electron chi connectivity index (χ2n) is 16.1. The number of benzene rings is 1. The van der Waals surface area contributed by atoms with Crippen molar-refractivity contribution in [2.75, 3.05) is 13.1 Å². The van der Waals surface area contributed by atoms with Gasteiger partial charge < -0.3 is 80.3 Å². The van der Waals surface area contributed by atoms with Crippen LogP contribution in [0.25, 0.3) is 10.9 Å². The monoisotopic (exact) mass is 923 g/mol. The number of fused-ring (bicyclic) bond motifs is 1. The summed E-state index contributed by atoms with van der Waals surface area (Å²) in [5.41, 5.74) is 29.4. The van der Waals surface area contributed by atoms with E-state index in [1.165, 1.54) is 31.3 Å². The Morgan fingerprint density at radius 3 is 2.11 bits per heavy atom. The third-order valence-electron chi connectivity index (χ3n) is 11.0. The number of aliphatic hydroxyl groups excluding tert-OH is 2. The average Bonchev–Trinajstić information content (AvgIpc) is 4.06. The minimum Gasteiger partial charge on any atom is -0.391 e. The SMILES string of the molecule is C[C@@H](O)[C@H](N)C(=O)N[C@@H](CCC(N)=O)C(=O)N[C@@H](Cc1cnc[nH]1)C(=O)N[C@@H](CCCN=C(N)N)C(=O)N1CCC[C@H]1C(=O)N[C@@H](Cc1c[nH]c2ccccc12)C(=O)N[C@H](C(N)=O)[C@@H](C)O. The Bertz CT molecular complexity index is 2210. The number of para-hydroxylation sites is 1. The maximum atomic E-state index is 14.6. The molecule has 0 saturated carbocycles. The molecule has 360 valence electrons. The van der Waals surface area contributed by atoms with Crippen LogP contribution in [0.15, 0.2) is 48.0 Å². The zero-order valence-corrected chi connectivity index (χ0v) is 36.7. The van der Waals surface area contributed by atoms with Crippen LogP contribution < -0.4 is 55.3 Å². The van der Waals surface area contributed by atoms with Crippen LogP contribution in [0, 0.1) is 0 Å². The van der Waals surface area contributed by atoms with Gasteiger partial charge in [0.2, 0.25) is 47.3 Å². The number of carbonyl (C=O) groups excluding carboxylic acids is 8. The fourth-order valence-electron chi connectivity index (χ4n) is 7.36. The summed E-state index contributed by atoms with van der Waals surface area (Å²) in [5.74, 6) is -6.94. The summed E-state index contributed by atoms with van der Waals surface area (Å²) in [4.78, 5) is 122. The topological polar surface area (TPSA) is 427 Å². The summed E-state index contributed by atoms with van der Waals surface area (Å²) in [6.45, 7) is 2.67. The first-order valence-electron chi connectivity index (χ1n) is 21.4. The molecule has 0 radical (unpaired) electrons. The van der Waals surface area contributed by atoms with Crippen LogP contribution in [-0.4, -0.2) is 151 Å². The van der Waals surface area contributed by atoms with Crippen LogP contribution in [0.2, 0.25) is 0 Å². The second-order valence-corrected chi connectivity index (χ2v) is 16.1. The molecule has 1 aliphatic heterocycles. The number of aliphatic imine (C=N–C) groups is 1. The lowest BCUT2D eigenvalue weighted by molar-refractivity contribution is -0.142. The van der Waals surface area contributed by atoms with E-state index in [-0.39, 0.29) is 64.0 Å². The molecule has 0 unspecified atom stereocenters. The number of likely N-dealkylation sites (tertiary alicyclic amines) is 1. The lowest BCUT2D eigenvalue weighted by atomic mass is 10.0. The number of aromatic nitrogens is 3. The standard InChI is InChI=1S/C41H61N15O10/c1-20(57)32(43)39(65)51-26(11-12-31(42)59)35(61)53-29(16-23-18-47-19-50-23)36(62)52-27(9-5-13-48-41(45)46)40(66)56-14-6-10-30(56)38(64)54-28(37(63)55-33(21(2)58)34(44)60)15-22-17-49-25-8-4-3-7-24(22)25/h3-4,7-8,17-21,26-30,32-33,49,57-58H,5-6,9-16,43H2,1-2H3,(H2,42,59)(H2,44,60)(H,47,50)(H,51,65)(H,52,62)(H,53,61)(H,54,64)(H,55,63)(H4,45,46,48)/t20-,21-,26+,27+,28+,29+,30+,32+,33+/m1/s1. The van der Waals surface area contributed by atoms with Crippen molar-refractivity contribution in [3.8, 4) is 0 Å². The smallest absolute Gasteiger partial charge is 0.245 e. The van der Waals surface area contributed by atoms with Gasteiger partial charge in [0.1, 0.15) is 42.3 Å². The van der Waals surface area contributed by atoms with E-state index >= 15 is 0 Å². The molecule has 1 aliphatic rings. The number of aliphatic hydroxyl groups is 2. The molecule has 2 aromatic heterocycles. The summed E-state index contributed by atoms with van der Waals surface area (Å²) in [7, 11) is 0. The Kier molecular flexibility index (Phi) is 18.9. The van der Waals surface area contributed by atoms with Gasteiger partial charge in [-0.05, 0) is 57.6 Å². The molecule has 9 atom stereocenters. The van der Waals surface area contributed by atoms with Crippen molar-refractivity contribution in [2.24, 2.45) is 33.7 Å². The fraction of sp³-hybridized carbons (Fsp3) is 0.512. The van der Waals surface area contributed by atoms with Crippen LogP contribution in [0.4, 0.5) is 0 Å². The number of hydrogen-bond acceptors (Lipinski definition) is 13. The van der Waals surface area contributed by atoms with Gasteiger partial charge in [-0.2, -0.15) is 0 Å². The molecule has 1 aromatic carbocycles. The number of imidazole rings is 1. The van der Waals surface area contributed by atoms with E-state index in [4.69, 9.17) is 28.7 Å². The Hall–Kier alpha value is -7.12. The van der Waals surface area contributed by atoms with E-state index in [0.717, 1.165) is 10.9 Å². The van der Waals surface area contributed by atoms with Crippen LogP contribution in [0.3, 0.4) is 0 Å². The fourth-order valence-corrected chi connectivity index (χ4v) is 7.36. The van der Waals surface area contributed by atoms with Crippen molar-refractivity contribution < 1.29 is 48.6 Å². The summed E-state index contributed by atoms with van der Waals surface area (Å²) in [6.07, 6.45) is 1.48. The van der Waals surface area contributed by atoms with Crippen molar-refractivity contribution in [1.82, 2.24) is 46.4 Å². The largest absolute Gasteiger partial charge is 0.391 e. The van der Waals surface area contributed by atoms with Gasteiger partial charge in [-0.25, -0.2) is 4.98 Å². The molecule has 1 fully saturated rings. The molecule has 66 heavy (non-hydrogen) atoms. The quantitative estimate of drug-likeness (QED) is 0.0215. The van der Waals surface area contributed by atoms with Gasteiger partial charge in [0, 0.05) is 61.3 Å². The van der Waals surface area contributed by atoms with Gasteiger partial charge in [0.25, 0.3) is 0 Å². The maximum absolute atomic E-state index is 14.6. The highest BCUT2D eigenvalue weighted by Crippen LogP contribution is 2.22. The second kappa shape index (κ2) is 24.2. The summed E-state index contributed by atoms with van der Waals surface area (Å²) < 4.78 is 0. The predicted molar refractivity (Wildman–Crippen MR) is 238 cm³/mol. The number of nitrogens with two attached hydrogens (primary N) is 5. The molecular formula is C41H61N15O10. The Balaban J connectivity index is 1.61. The van der Waals surface area contributed by atoms with E-state index < -0.39 is 102 Å². The molecule has 19 N–H and O–H groups in total. The number of hydrogen-bond donors (Lipinski definition) is 14. The third-order valence-corrected chi connectivity index (χ3v) is 11.0. The first-order chi connectivity index (χ1) is 31.3. The number of amides is 8. The molecular weight excluding hydrogens is 863 g/mol. The summed E-state index contributed by atoms with van der Waals surface area (Å²) in [6, 6.07) is -2.33. The van der Waals surface area contributed by atoms with Gasteiger partial charge in [0.05, 0.1) is 18.5 Å². The van der Waals surface area contributed by atoms with E-state index in [9.17, 15) is 48.6 Å². The first kappa shape index (κ1) is 51.5. The van der Waals surface area contributed by atoms with Crippen molar-refractivity contribution in [3.05, 3.63) is 54.2 Å². The highest BCUT2D eigenvalue weighted by atomic mass is 16.3. The summed E-state index contributed by atoms with van der Waals surface area (Å²) in [5, 5.41) is 33.6. The number of primary amides is 2. The molecule has 3 aromatic rings. The van der Waals surface area contributed by atoms with Gasteiger partial charge in [-0.15, -0.1) is 0 Å². The number of carbonyl (C=O) groups is 8.